The zero-order valence-corrected chi connectivity index (χ0v) is 17.4. The SMILES string of the molecule is CC(C)C.Cc1cc2ccc3ccc4ccc5ccc6ccc1c1c6c5c4c3c21. The Bertz CT molecular complexity index is 1570. The molecule has 0 saturated carbocycles. The predicted molar refractivity (Wildman–Crippen MR) is 130 cm³/mol. The summed E-state index contributed by atoms with van der Waals surface area (Å²) < 4.78 is 0. The fourth-order valence-electron chi connectivity index (χ4n) is 5.17. The first-order valence-corrected chi connectivity index (χ1v) is 10.6. The van der Waals surface area contributed by atoms with Gasteiger partial charge in [-0.1, -0.05) is 87.5 Å². The van der Waals surface area contributed by atoms with Crippen molar-refractivity contribution in [1.82, 2.24) is 0 Å². The molecule has 0 fully saturated rings. The standard InChI is InChI=1S/C25H14.C4H10/c1-13-12-18-9-8-16-5-3-14-2-4-15-6-7-17-10-11-19(13)25-23(17)21(15)20(14)22(16)24(18)25;1-4(2)3/h2-12H,1H3;4H,1-3H3. The minimum atomic E-state index is 0.833. The Morgan fingerprint density at radius 1 is 0.448 bits per heavy atom. The largest absolute Gasteiger partial charge is 0.0630 e. The van der Waals surface area contributed by atoms with E-state index in [0.717, 1.165) is 5.92 Å². The summed E-state index contributed by atoms with van der Waals surface area (Å²) in [5, 5.41) is 16.8. The van der Waals surface area contributed by atoms with E-state index < -0.39 is 0 Å². The molecule has 0 N–H and O–H groups in total. The van der Waals surface area contributed by atoms with Crippen LogP contribution >= 0.6 is 0 Å². The third-order valence-electron chi connectivity index (χ3n) is 6.21. The summed E-state index contributed by atoms with van der Waals surface area (Å²) in [7, 11) is 0. The zero-order valence-electron chi connectivity index (χ0n) is 17.4. The first kappa shape index (κ1) is 16.8. The molecule has 140 valence electrons. The quantitative estimate of drug-likeness (QED) is 0.184. The highest BCUT2D eigenvalue weighted by atomic mass is 14.2. The summed E-state index contributed by atoms with van der Waals surface area (Å²) in [5.41, 5.74) is 1.37. The number of benzene rings is 7. The highest BCUT2D eigenvalue weighted by molar-refractivity contribution is 6.44. The van der Waals surface area contributed by atoms with Crippen molar-refractivity contribution in [2.75, 3.05) is 0 Å². The van der Waals surface area contributed by atoms with Gasteiger partial charge in [0.15, 0.2) is 0 Å². The summed E-state index contributed by atoms with van der Waals surface area (Å²) in [5.74, 6) is 0.833. The molecule has 7 aromatic rings. The van der Waals surface area contributed by atoms with E-state index >= 15 is 0 Å². The molecule has 0 radical (unpaired) electrons. The molecule has 0 aliphatic rings. The third kappa shape index (κ3) is 2.15. The molecule has 0 bridgehead atoms. The highest BCUT2D eigenvalue weighted by Crippen LogP contribution is 2.48. The molecule has 0 spiro atoms. The van der Waals surface area contributed by atoms with Gasteiger partial charge in [-0.3, -0.25) is 0 Å². The Kier molecular flexibility index (Phi) is 3.30. The van der Waals surface area contributed by atoms with Gasteiger partial charge in [-0.05, 0) is 83.0 Å². The van der Waals surface area contributed by atoms with E-state index in [1.54, 1.807) is 0 Å². The van der Waals surface area contributed by atoms with Crippen LogP contribution in [0.1, 0.15) is 26.3 Å². The second kappa shape index (κ2) is 5.70. The van der Waals surface area contributed by atoms with E-state index in [0.29, 0.717) is 0 Å². The molecule has 0 atom stereocenters. The molecule has 0 unspecified atom stereocenters. The average Bonchev–Trinajstić information content (AvgIpc) is 2.71. The minimum absolute atomic E-state index is 0.833. The lowest BCUT2D eigenvalue weighted by Gasteiger charge is -2.21. The molecule has 0 heterocycles. The third-order valence-corrected chi connectivity index (χ3v) is 6.21. The topological polar surface area (TPSA) is 0 Å². The molecule has 29 heavy (non-hydrogen) atoms. The predicted octanol–water partition coefficient (Wildman–Crippen LogP) is 8.89. The van der Waals surface area contributed by atoms with Crippen LogP contribution in [0.15, 0.2) is 66.7 Å². The number of aryl methyl sites for hydroxylation is 1. The minimum Gasteiger partial charge on any atom is -0.0630 e. The lowest BCUT2D eigenvalue weighted by atomic mass is 9.82. The van der Waals surface area contributed by atoms with Crippen molar-refractivity contribution in [2.45, 2.75) is 27.7 Å². The molecule has 0 aliphatic carbocycles. The van der Waals surface area contributed by atoms with Gasteiger partial charge in [0, 0.05) is 0 Å². The monoisotopic (exact) mass is 372 g/mol. The summed E-state index contributed by atoms with van der Waals surface area (Å²) in [4.78, 5) is 0. The average molecular weight is 373 g/mol. The van der Waals surface area contributed by atoms with Crippen molar-refractivity contribution in [3.8, 4) is 0 Å². The zero-order chi connectivity index (χ0) is 19.9. The van der Waals surface area contributed by atoms with Crippen molar-refractivity contribution < 1.29 is 0 Å². The Hall–Kier alpha value is -3.12. The molecule has 7 aromatic carbocycles. The van der Waals surface area contributed by atoms with Crippen LogP contribution in [0.3, 0.4) is 0 Å². The van der Waals surface area contributed by atoms with Crippen molar-refractivity contribution >= 4 is 64.6 Å². The van der Waals surface area contributed by atoms with Crippen LogP contribution < -0.4 is 0 Å². The maximum Gasteiger partial charge on any atom is -0.00112 e. The van der Waals surface area contributed by atoms with Crippen LogP contribution in [-0.2, 0) is 0 Å². The van der Waals surface area contributed by atoms with Crippen LogP contribution in [-0.4, -0.2) is 0 Å². The summed E-state index contributed by atoms with van der Waals surface area (Å²) in [6, 6.07) is 25.2. The number of hydrogen-bond acceptors (Lipinski definition) is 0. The van der Waals surface area contributed by atoms with Gasteiger partial charge >= 0.3 is 0 Å². The number of rotatable bonds is 0. The molecule has 0 heteroatoms. The lowest BCUT2D eigenvalue weighted by Crippen LogP contribution is -1.93. The fraction of sp³-hybridized carbons (Fsp3) is 0.172. The molecule has 0 aliphatic heterocycles. The van der Waals surface area contributed by atoms with E-state index in [1.807, 2.05) is 0 Å². The van der Waals surface area contributed by atoms with Gasteiger partial charge in [0.25, 0.3) is 0 Å². The van der Waals surface area contributed by atoms with E-state index in [1.165, 1.54) is 70.2 Å². The van der Waals surface area contributed by atoms with E-state index in [2.05, 4.69) is 94.4 Å². The van der Waals surface area contributed by atoms with E-state index in [-0.39, 0.29) is 0 Å². The van der Waals surface area contributed by atoms with Gasteiger partial charge in [0.2, 0.25) is 0 Å². The molecule has 7 rings (SSSR count). The van der Waals surface area contributed by atoms with Gasteiger partial charge in [0.05, 0.1) is 0 Å². The van der Waals surface area contributed by atoms with E-state index in [4.69, 9.17) is 0 Å². The fourth-order valence-corrected chi connectivity index (χ4v) is 5.17. The molecule has 0 aromatic heterocycles. The second-order valence-electron chi connectivity index (χ2n) is 9.17. The highest BCUT2D eigenvalue weighted by Gasteiger charge is 2.20. The first-order chi connectivity index (χ1) is 14.0. The van der Waals surface area contributed by atoms with E-state index in [9.17, 15) is 0 Å². The molecule has 0 saturated heterocycles. The lowest BCUT2D eigenvalue weighted by molar-refractivity contribution is 0.737. The molecular weight excluding hydrogens is 348 g/mol. The van der Waals surface area contributed by atoms with Crippen LogP contribution in [0, 0.1) is 12.8 Å². The van der Waals surface area contributed by atoms with Crippen molar-refractivity contribution in [1.29, 1.82) is 0 Å². The molecule has 0 amide bonds. The van der Waals surface area contributed by atoms with Crippen molar-refractivity contribution in [3.63, 3.8) is 0 Å². The first-order valence-electron chi connectivity index (χ1n) is 10.6. The summed E-state index contributed by atoms with van der Waals surface area (Å²) >= 11 is 0. The van der Waals surface area contributed by atoms with Crippen molar-refractivity contribution in [3.05, 3.63) is 72.3 Å². The normalized spacial score (nSPS) is 12.4. The van der Waals surface area contributed by atoms with Gasteiger partial charge < -0.3 is 0 Å². The van der Waals surface area contributed by atoms with Crippen LogP contribution in [0.5, 0.6) is 0 Å². The van der Waals surface area contributed by atoms with Crippen LogP contribution in [0.2, 0.25) is 0 Å². The second-order valence-corrected chi connectivity index (χ2v) is 9.17. The Morgan fingerprint density at radius 3 is 1.21 bits per heavy atom. The Balaban J connectivity index is 0.000000382. The van der Waals surface area contributed by atoms with Gasteiger partial charge in [-0.2, -0.15) is 0 Å². The Labute approximate surface area is 170 Å². The van der Waals surface area contributed by atoms with Gasteiger partial charge in [-0.15, -0.1) is 0 Å². The maximum absolute atomic E-state index is 2.36. The van der Waals surface area contributed by atoms with Crippen LogP contribution in [0.25, 0.3) is 64.6 Å². The van der Waals surface area contributed by atoms with Gasteiger partial charge in [-0.25, -0.2) is 0 Å². The van der Waals surface area contributed by atoms with Crippen LogP contribution in [0.4, 0.5) is 0 Å². The molecular formula is C29H24. The summed E-state index contributed by atoms with van der Waals surface area (Å²) in [6.07, 6.45) is 0. The summed E-state index contributed by atoms with van der Waals surface area (Å²) in [6.45, 7) is 8.74. The van der Waals surface area contributed by atoms with Gasteiger partial charge in [0.1, 0.15) is 0 Å². The molecule has 0 nitrogen and oxygen atoms in total. The van der Waals surface area contributed by atoms with Crippen molar-refractivity contribution in [2.24, 2.45) is 5.92 Å². The smallest absolute Gasteiger partial charge is 0.00112 e. The number of hydrogen-bond donors (Lipinski definition) is 0. The maximum atomic E-state index is 2.36. The Morgan fingerprint density at radius 2 is 0.759 bits per heavy atom.